The molecule has 2 rings (SSSR count). The molecule has 0 aliphatic rings. The third-order valence-electron chi connectivity index (χ3n) is 2.78. The molecule has 0 spiro atoms. The molecule has 104 valence electrons. The minimum atomic E-state index is -1.35. The average Bonchev–Trinajstić information content (AvgIpc) is 2.47. The van der Waals surface area contributed by atoms with E-state index in [1.807, 2.05) is 49.4 Å². The first-order chi connectivity index (χ1) is 9.65. The molecule has 1 unspecified atom stereocenters. The Morgan fingerprint density at radius 1 is 1.05 bits per heavy atom. The predicted molar refractivity (Wildman–Crippen MR) is 78.7 cm³/mol. The highest BCUT2D eigenvalue weighted by Gasteiger charge is 2.11. The van der Waals surface area contributed by atoms with E-state index in [-0.39, 0.29) is 12.4 Å². The van der Waals surface area contributed by atoms with Crippen LogP contribution < -0.4 is 0 Å². The lowest BCUT2D eigenvalue weighted by Crippen LogP contribution is -2.14. The van der Waals surface area contributed by atoms with Gasteiger partial charge in [0.05, 0.1) is 10.8 Å². The highest BCUT2D eigenvalue weighted by Crippen LogP contribution is 2.09. The van der Waals surface area contributed by atoms with Crippen LogP contribution in [0.2, 0.25) is 0 Å². The molecule has 0 saturated carbocycles. The molecule has 2 aromatic rings. The zero-order valence-corrected chi connectivity index (χ0v) is 12.1. The Bertz CT molecular complexity index is 591. The molecule has 0 fully saturated rings. The molecule has 3 nitrogen and oxygen atoms in total. The van der Waals surface area contributed by atoms with Crippen molar-refractivity contribution in [2.75, 3.05) is 5.75 Å². The minimum absolute atomic E-state index is 0.115. The van der Waals surface area contributed by atoms with Gasteiger partial charge in [0.1, 0.15) is 12.4 Å². The van der Waals surface area contributed by atoms with Crippen molar-refractivity contribution in [3.63, 3.8) is 0 Å². The summed E-state index contributed by atoms with van der Waals surface area (Å²) < 4.78 is 17.1. The topological polar surface area (TPSA) is 43.4 Å². The second-order valence-electron chi connectivity index (χ2n) is 4.45. The molecule has 0 saturated heterocycles. The van der Waals surface area contributed by atoms with E-state index in [1.165, 1.54) is 0 Å². The Morgan fingerprint density at radius 3 is 2.35 bits per heavy atom. The van der Waals surface area contributed by atoms with Gasteiger partial charge in [0.25, 0.3) is 0 Å². The van der Waals surface area contributed by atoms with Crippen LogP contribution in [0.15, 0.2) is 59.5 Å². The van der Waals surface area contributed by atoms with Gasteiger partial charge in [-0.1, -0.05) is 48.0 Å². The summed E-state index contributed by atoms with van der Waals surface area (Å²) in [6, 6.07) is 16.7. The van der Waals surface area contributed by atoms with Crippen LogP contribution >= 0.6 is 0 Å². The van der Waals surface area contributed by atoms with Gasteiger partial charge in [0, 0.05) is 4.90 Å². The van der Waals surface area contributed by atoms with E-state index < -0.39 is 16.8 Å². The quantitative estimate of drug-likeness (QED) is 0.795. The van der Waals surface area contributed by atoms with E-state index in [2.05, 4.69) is 0 Å². The SMILES string of the molecule is Cc1ccc(S(=O)CC(=O)OCc2ccccc2)cc1. The van der Waals surface area contributed by atoms with E-state index in [9.17, 15) is 9.00 Å². The molecular weight excluding hydrogens is 272 g/mol. The maximum atomic E-state index is 12.0. The lowest BCUT2D eigenvalue weighted by Gasteiger charge is -2.05. The van der Waals surface area contributed by atoms with Crippen molar-refractivity contribution in [1.82, 2.24) is 0 Å². The molecule has 2 aromatic carbocycles. The maximum absolute atomic E-state index is 12.0. The maximum Gasteiger partial charge on any atom is 0.319 e. The Labute approximate surface area is 121 Å². The molecule has 20 heavy (non-hydrogen) atoms. The number of carbonyl (C=O) groups excluding carboxylic acids is 1. The largest absolute Gasteiger partial charge is 0.460 e. The van der Waals surface area contributed by atoms with Crippen LogP contribution in [0.3, 0.4) is 0 Å². The number of carbonyl (C=O) groups is 1. The van der Waals surface area contributed by atoms with E-state index in [1.54, 1.807) is 12.1 Å². The van der Waals surface area contributed by atoms with Gasteiger partial charge in [-0.15, -0.1) is 0 Å². The molecule has 0 N–H and O–H groups in total. The Hall–Kier alpha value is -1.94. The second-order valence-corrected chi connectivity index (χ2v) is 5.90. The number of rotatable bonds is 5. The summed E-state index contributed by atoms with van der Waals surface area (Å²) >= 11 is 0. The Morgan fingerprint density at radius 2 is 1.70 bits per heavy atom. The van der Waals surface area contributed by atoms with Gasteiger partial charge in [0.2, 0.25) is 0 Å². The number of aryl methyl sites for hydroxylation is 1. The molecule has 1 atom stereocenters. The summed E-state index contributed by atoms with van der Waals surface area (Å²) in [5.74, 6) is -0.566. The van der Waals surface area contributed by atoms with Crippen LogP contribution in [0.4, 0.5) is 0 Å². The van der Waals surface area contributed by atoms with Gasteiger partial charge in [0.15, 0.2) is 0 Å². The fourth-order valence-electron chi connectivity index (χ4n) is 1.66. The van der Waals surface area contributed by atoms with Crippen molar-refractivity contribution in [2.45, 2.75) is 18.4 Å². The molecule has 4 heteroatoms. The van der Waals surface area contributed by atoms with Crippen molar-refractivity contribution in [3.8, 4) is 0 Å². The highest BCUT2D eigenvalue weighted by molar-refractivity contribution is 7.85. The normalized spacial score (nSPS) is 11.8. The summed E-state index contributed by atoms with van der Waals surface area (Å²) in [4.78, 5) is 12.3. The summed E-state index contributed by atoms with van der Waals surface area (Å²) in [5.41, 5.74) is 2.01. The third-order valence-corrected chi connectivity index (χ3v) is 4.07. The van der Waals surface area contributed by atoms with Crippen LogP contribution in [0, 0.1) is 6.92 Å². The van der Waals surface area contributed by atoms with Crippen LogP contribution in [0.1, 0.15) is 11.1 Å². The van der Waals surface area contributed by atoms with Gasteiger partial charge >= 0.3 is 5.97 Å². The Kier molecular flexibility index (Phi) is 5.07. The summed E-state index contributed by atoms with van der Waals surface area (Å²) in [5, 5.41) is 0. The van der Waals surface area contributed by atoms with Gasteiger partial charge in [-0.25, -0.2) is 0 Å². The lowest BCUT2D eigenvalue weighted by atomic mass is 10.2. The first kappa shape index (κ1) is 14.5. The van der Waals surface area contributed by atoms with Crippen LogP contribution in [0.5, 0.6) is 0 Å². The molecule has 0 aliphatic carbocycles. The van der Waals surface area contributed by atoms with Gasteiger partial charge in [-0.05, 0) is 24.6 Å². The van der Waals surface area contributed by atoms with Gasteiger partial charge in [-0.2, -0.15) is 0 Å². The molecule has 0 amide bonds. The zero-order valence-electron chi connectivity index (χ0n) is 11.2. The lowest BCUT2D eigenvalue weighted by molar-refractivity contribution is -0.141. The average molecular weight is 288 g/mol. The summed E-state index contributed by atoms with van der Waals surface area (Å²) in [7, 11) is -1.35. The molecule has 0 aromatic heterocycles. The van der Waals surface area contributed by atoms with Crippen molar-refractivity contribution in [3.05, 3.63) is 65.7 Å². The summed E-state index contributed by atoms with van der Waals surface area (Å²) in [6.07, 6.45) is 0. The highest BCUT2D eigenvalue weighted by atomic mass is 32.2. The van der Waals surface area contributed by atoms with Crippen LogP contribution in [0.25, 0.3) is 0 Å². The first-order valence-corrected chi connectivity index (χ1v) is 7.61. The van der Waals surface area contributed by atoms with Crippen LogP contribution in [-0.4, -0.2) is 15.9 Å². The van der Waals surface area contributed by atoms with Crippen LogP contribution in [-0.2, 0) is 26.9 Å². The number of esters is 1. The van der Waals surface area contributed by atoms with Crippen molar-refractivity contribution < 1.29 is 13.7 Å². The second kappa shape index (κ2) is 7.01. The fraction of sp³-hybridized carbons (Fsp3) is 0.188. The smallest absolute Gasteiger partial charge is 0.319 e. The van der Waals surface area contributed by atoms with E-state index >= 15 is 0 Å². The minimum Gasteiger partial charge on any atom is -0.460 e. The molecule has 0 heterocycles. The third kappa shape index (κ3) is 4.31. The fourth-order valence-corrected chi connectivity index (χ4v) is 2.56. The van der Waals surface area contributed by atoms with Gasteiger partial charge < -0.3 is 4.74 Å². The molecule has 0 bridgehead atoms. The first-order valence-electron chi connectivity index (χ1n) is 6.30. The number of hydrogen-bond donors (Lipinski definition) is 0. The van der Waals surface area contributed by atoms with Crippen molar-refractivity contribution >= 4 is 16.8 Å². The summed E-state index contributed by atoms with van der Waals surface area (Å²) in [6.45, 7) is 2.17. The number of benzene rings is 2. The standard InChI is InChI=1S/C16H16O3S/c1-13-7-9-15(10-8-13)20(18)12-16(17)19-11-14-5-3-2-4-6-14/h2-10H,11-12H2,1H3. The monoisotopic (exact) mass is 288 g/mol. The van der Waals surface area contributed by atoms with E-state index in [0.717, 1.165) is 11.1 Å². The van der Waals surface area contributed by atoms with Crippen molar-refractivity contribution in [2.24, 2.45) is 0 Å². The zero-order chi connectivity index (χ0) is 14.4. The number of ether oxygens (including phenoxy) is 1. The number of hydrogen-bond acceptors (Lipinski definition) is 3. The molecule has 0 aliphatic heterocycles. The molecular formula is C16H16O3S. The van der Waals surface area contributed by atoms with Crippen molar-refractivity contribution in [1.29, 1.82) is 0 Å². The van der Waals surface area contributed by atoms with E-state index in [4.69, 9.17) is 4.74 Å². The van der Waals surface area contributed by atoms with Gasteiger partial charge in [-0.3, -0.25) is 9.00 Å². The molecule has 0 radical (unpaired) electrons. The van der Waals surface area contributed by atoms with E-state index in [0.29, 0.717) is 4.90 Å². The Balaban J connectivity index is 1.85. The predicted octanol–water partition coefficient (Wildman–Crippen LogP) is 2.85.